The Morgan fingerprint density at radius 2 is 1.47 bits per heavy atom. The zero-order chi connectivity index (χ0) is 28.6. The van der Waals surface area contributed by atoms with Crippen molar-refractivity contribution < 1.29 is 19.7 Å². The third kappa shape index (κ3) is 13.3. The zero-order valence-electron chi connectivity index (χ0n) is 25.9. The van der Waals surface area contributed by atoms with Gasteiger partial charge in [0.1, 0.15) is 6.10 Å². The van der Waals surface area contributed by atoms with E-state index in [4.69, 9.17) is 9.47 Å². The van der Waals surface area contributed by atoms with Crippen LogP contribution < -0.4 is 0 Å². The molecule has 6 atom stereocenters. The summed E-state index contributed by atoms with van der Waals surface area (Å²) < 4.78 is 19.3. The molecule has 0 saturated carbocycles. The van der Waals surface area contributed by atoms with Crippen molar-refractivity contribution in [3.8, 4) is 0 Å². The minimum absolute atomic E-state index is 0.0357. The Bertz CT molecular complexity index is 708. The van der Waals surface area contributed by atoms with Gasteiger partial charge in [0.2, 0.25) is 0 Å². The molecule has 1 heterocycles. The van der Waals surface area contributed by atoms with E-state index in [-0.39, 0.29) is 12.0 Å². The number of aliphatic hydroxyl groups is 2. The summed E-state index contributed by atoms with van der Waals surface area (Å²) in [5, 5.41) is 20.1. The van der Waals surface area contributed by atoms with Crippen molar-refractivity contribution in [3.05, 3.63) is 46.1 Å². The van der Waals surface area contributed by atoms with E-state index >= 15 is 0 Å². The number of hydrogen-bond donors (Lipinski definition) is 2. The molecule has 0 radical (unpaired) electrons. The number of ether oxygens (including phenoxy) is 2. The molecule has 4 nitrogen and oxygen atoms in total. The van der Waals surface area contributed by atoms with Crippen LogP contribution in [0.3, 0.4) is 0 Å². The van der Waals surface area contributed by atoms with Crippen LogP contribution in [0, 0.1) is 11.8 Å². The van der Waals surface area contributed by atoms with Crippen LogP contribution in [0.1, 0.15) is 100 Å². The fraction of sp³-hybridized carbons (Fsp3) is 0.758. The summed E-state index contributed by atoms with van der Waals surface area (Å²) in [5.74, 6) is 0.488. The van der Waals surface area contributed by atoms with E-state index in [2.05, 4.69) is 89.0 Å². The Morgan fingerprint density at radius 3 is 1.97 bits per heavy atom. The van der Waals surface area contributed by atoms with E-state index in [1.165, 1.54) is 57.4 Å². The maximum absolute atomic E-state index is 10.1. The van der Waals surface area contributed by atoms with Crippen LogP contribution in [0.5, 0.6) is 0 Å². The van der Waals surface area contributed by atoms with Gasteiger partial charge in [-0.25, -0.2) is 0 Å². The zero-order valence-corrected chi connectivity index (χ0v) is 28.7. The molecule has 1 saturated heterocycles. The van der Waals surface area contributed by atoms with Crippen LogP contribution in [-0.2, 0) is 9.47 Å². The average Bonchev–Trinajstić information content (AvgIpc) is 2.87. The van der Waals surface area contributed by atoms with Crippen molar-refractivity contribution in [2.45, 2.75) is 144 Å². The molecular formula is C33H60O4Sn. The summed E-state index contributed by atoms with van der Waals surface area (Å²) in [6.45, 7) is 17.4. The molecule has 0 aromatic carbocycles. The van der Waals surface area contributed by atoms with Crippen LogP contribution in [0.4, 0.5) is 0 Å². The Morgan fingerprint density at radius 1 is 0.921 bits per heavy atom. The fourth-order valence-corrected chi connectivity index (χ4v) is 19.7. The molecule has 1 fully saturated rings. The van der Waals surface area contributed by atoms with Crippen molar-refractivity contribution >= 4 is 18.4 Å². The van der Waals surface area contributed by atoms with Gasteiger partial charge in [-0.15, -0.1) is 0 Å². The molecule has 5 heteroatoms. The molecule has 1 aliphatic rings. The normalized spacial score (nSPS) is 25.3. The number of aliphatic hydroxyl groups excluding tert-OH is 2. The molecule has 2 N–H and O–H groups in total. The Hall–Kier alpha value is -0.401. The van der Waals surface area contributed by atoms with Crippen molar-refractivity contribution in [2.24, 2.45) is 11.8 Å². The molecule has 0 unspecified atom stereocenters. The van der Waals surface area contributed by atoms with Crippen LogP contribution >= 0.6 is 0 Å². The summed E-state index contributed by atoms with van der Waals surface area (Å²) in [5.41, 5.74) is 1.20. The number of allylic oxidation sites excluding steroid dienone is 6. The first-order valence-corrected chi connectivity index (χ1v) is 23.2. The first-order valence-electron chi connectivity index (χ1n) is 15.5. The first kappa shape index (κ1) is 35.6. The van der Waals surface area contributed by atoms with Crippen molar-refractivity contribution in [1.82, 2.24) is 0 Å². The van der Waals surface area contributed by atoms with Gasteiger partial charge in [0.15, 0.2) is 0 Å². The molecule has 0 amide bonds. The molecule has 0 aliphatic carbocycles. The van der Waals surface area contributed by atoms with Gasteiger partial charge in [0.25, 0.3) is 0 Å². The van der Waals surface area contributed by atoms with Crippen LogP contribution in [0.2, 0.25) is 13.3 Å². The molecule has 0 aromatic rings. The van der Waals surface area contributed by atoms with E-state index in [1.807, 2.05) is 0 Å². The summed E-state index contributed by atoms with van der Waals surface area (Å²) in [6, 6.07) is 0. The van der Waals surface area contributed by atoms with Gasteiger partial charge >= 0.3 is 194 Å². The van der Waals surface area contributed by atoms with E-state index in [0.29, 0.717) is 12.3 Å². The second-order valence-electron chi connectivity index (χ2n) is 12.0. The summed E-state index contributed by atoms with van der Waals surface area (Å²) in [6.07, 6.45) is 19.1. The molecule has 1 rings (SSSR count). The second kappa shape index (κ2) is 19.6. The Kier molecular flexibility index (Phi) is 18.4. The van der Waals surface area contributed by atoms with Gasteiger partial charge in [-0.05, 0) is 6.92 Å². The van der Waals surface area contributed by atoms with E-state index in [1.54, 1.807) is 6.92 Å². The third-order valence-corrected chi connectivity index (χ3v) is 22.0. The maximum atomic E-state index is 10.1. The van der Waals surface area contributed by atoms with Crippen LogP contribution in [0.15, 0.2) is 46.1 Å². The predicted octanol–water partition coefficient (Wildman–Crippen LogP) is 8.52. The standard InChI is InChI=1S/C21H33O4.3C4H9.Sn/c1-7-8-9-10-11-15(4)12-16(5)21(14(2)3)25-19-13-18(22)20(23)17(6)24-19;3*1-3-4-2;/h1,7-12,14,16-23H,13H2,2-6H3;3*1,3-4H2,2H3;/b7-1?,9-8+,11-10+,15-12+;;;;/t16-,17-,18+,19+,20-,21+;;;;/m1..../s1. The van der Waals surface area contributed by atoms with Gasteiger partial charge in [-0.2, -0.15) is 0 Å². The number of unbranched alkanes of at least 4 members (excludes halogenated alkanes) is 3. The van der Waals surface area contributed by atoms with Crippen molar-refractivity contribution in [3.63, 3.8) is 0 Å². The summed E-state index contributed by atoms with van der Waals surface area (Å²) in [7, 11) is 0. The Balaban J connectivity index is 2.79. The molecule has 0 bridgehead atoms. The van der Waals surface area contributed by atoms with Crippen LogP contribution in [-0.4, -0.2) is 59.3 Å². The van der Waals surface area contributed by atoms with E-state index < -0.39 is 43.0 Å². The number of rotatable bonds is 18. The van der Waals surface area contributed by atoms with Gasteiger partial charge in [-0.3, -0.25) is 0 Å². The van der Waals surface area contributed by atoms with Crippen molar-refractivity contribution in [1.29, 1.82) is 0 Å². The van der Waals surface area contributed by atoms with E-state index in [0.717, 1.165) is 0 Å². The van der Waals surface area contributed by atoms with Crippen LogP contribution in [0.25, 0.3) is 0 Å². The van der Waals surface area contributed by atoms with Gasteiger partial charge in [0, 0.05) is 6.42 Å². The molecule has 0 aromatic heterocycles. The minimum atomic E-state index is -2.20. The average molecular weight is 640 g/mol. The fourth-order valence-electron chi connectivity index (χ4n) is 5.55. The van der Waals surface area contributed by atoms with Crippen molar-refractivity contribution in [2.75, 3.05) is 0 Å². The second-order valence-corrected chi connectivity index (χ2v) is 25.0. The molecular weight excluding hydrogens is 579 g/mol. The summed E-state index contributed by atoms with van der Waals surface area (Å²) >= 11 is -2.20. The van der Waals surface area contributed by atoms with Gasteiger partial charge in [0.05, 0.1) is 12.2 Å². The first-order chi connectivity index (χ1) is 18.1. The monoisotopic (exact) mass is 640 g/mol. The SMILES string of the molecule is CCC[CH2][Sn](/[CH]=C/C=C/C=C/C(C)=C/[C@@H](C)[C@@H](O[C@H]1C[C@H](O)[C@H](O)[C@@H](C)O1)C(C)C)([CH2]CCC)[CH2]CCC. The number of hydrogen-bond acceptors (Lipinski definition) is 4. The topological polar surface area (TPSA) is 58.9 Å². The Labute approximate surface area is 239 Å². The molecule has 38 heavy (non-hydrogen) atoms. The predicted molar refractivity (Wildman–Crippen MR) is 166 cm³/mol. The molecule has 0 spiro atoms. The van der Waals surface area contributed by atoms with Gasteiger partial charge in [-0.1, -0.05) is 0 Å². The van der Waals surface area contributed by atoms with E-state index in [9.17, 15) is 10.2 Å². The molecule has 220 valence electrons. The summed E-state index contributed by atoms with van der Waals surface area (Å²) in [4.78, 5) is 0. The van der Waals surface area contributed by atoms with Gasteiger partial charge < -0.3 is 14.9 Å². The quantitative estimate of drug-likeness (QED) is 0.117. The molecule has 1 aliphatic heterocycles. The third-order valence-electron chi connectivity index (χ3n) is 7.91.